The van der Waals surface area contributed by atoms with Crippen LogP contribution in [0.5, 0.6) is 0 Å². The number of ether oxygens (including phenoxy) is 2. The van der Waals surface area contributed by atoms with Crippen LogP contribution >= 0.6 is 12.2 Å². The number of hydrogen-bond acceptors (Lipinski definition) is 3. The molecule has 2 aromatic carbocycles. The van der Waals surface area contributed by atoms with E-state index in [1.807, 2.05) is 13.8 Å². The van der Waals surface area contributed by atoms with Gasteiger partial charge in [0.25, 0.3) is 0 Å². The molecule has 2 aromatic rings. The van der Waals surface area contributed by atoms with Crippen LogP contribution in [0.2, 0.25) is 0 Å². The van der Waals surface area contributed by atoms with Crippen LogP contribution in [0.1, 0.15) is 53.3 Å². The summed E-state index contributed by atoms with van der Waals surface area (Å²) in [6.07, 6.45) is -0.0916. The Labute approximate surface area is 157 Å². The predicted molar refractivity (Wildman–Crippen MR) is 108 cm³/mol. The number of benzene rings is 2. The summed E-state index contributed by atoms with van der Waals surface area (Å²) in [4.78, 5) is 0. The van der Waals surface area contributed by atoms with Gasteiger partial charge in [-0.25, -0.2) is 0 Å². The highest BCUT2D eigenvalue weighted by molar-refractivity contribution is 7.80. The molecule has 0 aromatic heterocycles. The molecule has 0 atom stereocenters. The molecular weight excluding hydrogens is 328 g/mol. The average Bonchev–Trinajstić information content (AvgIpc) is 2.50. The summed E-state index contributed by atoms with van der Waals surface area (Å²) in [6, 6.07) is 12.7. The van der Waals surface area contributed by atoms with Crippen molar-refractivity contribution in [3.8, 4) is 0 Å². The molecule has 25 heavy (non-hydrogen) atoms. The van der Waals surface area contributed by atoms with Gasteiger partial charge in [-0.15, -0.1) is 0 Å². The SMILES string of the molecule is Cc1cccc(C)c1C(OCC(=S)OC(C)C)c1c(C)cccc1C. The van der Waals surface area contributed by atoms with E-state index < -0.39 is 0 Å². The van der Waals surface area contributed by atoms with Gasteiger partial charge in [0.05, 0.1) is 6.10 Å². The highest BCUT2D eigenvalue weighted by Crippen LogP contribution is 2.34. The maximum Gasteiger partial charge on any atom is 0.185 e. The minimum absolute atomic E-state index is 0.0648. The second-order valence-corrected chi connectivity index (χ2v) is 7.30. The Bertz CT molecular complexity index is 658. The molecule has 0 saturated heterocycles. The van der Waals surface area contributed by atoms with Crippen LogP contribution in [0, 0.1) is 27.7 Å². The first-order valence-electron chi connectivity index (χ1n) is 8.74. The number of hydrogen-bond donors (Lipinski definition) is 0. The summed E-state index contributed by atoms with van der Waals surface area (Å²) in [5.41, 5.74) is 7.33. The Hall–Kier alpha value is -1.71. The smallest absolute Gasteiger partial charge is 0.185 e. The Morgan fingerprint density at radius 3 is 1.60 bits per heavy atom. The Balaban J connectivity index is 2.44. The second kappa shape index (κ2) is 8.59. The van der Waals surface area contributed by atoms with Crippen LogP contribution in [-0.4, -0.2) is 17.8 Å². The maximum absolute atomic E-state index is 6.33. The topological polar surface area (TPSA) is 18.5 Å². The van der Waals surface area contributed by atoms with Crippen molar-refractivity contribution in [1.29, 1.82) is 0 Å². The minimum atomic E-state index is -0.156. The van der Waals surface area contributed by atoms with E-state index in [1.54, 1.807) is 0 Å². The summed E-state index contributed by atoms with van der Waals surface area (Å²) < 4.78 is 11.9. The van der Waals surface area contributed by atoms with Gasteiger partial charge in [-0.05, 0) is 87.1 Å². The minimum Gasteiger partial charge on any atom is -0.482 e. The van der Waals surface area contributed by atoms with Gasteiger partial charge in [0.2, 0.25) is 0 Å². The highest BCUT2D eigenvalue weighted by atomic mass is 32.1. The molecule has 3 heteroatoms. The summed E-state index contributed by atoms with van der Waals surface area (Å²) in [5.74, 6) is 0. The third-order valence-corrected chi connectivity index (χ3v) is 4.56. The van der Waals surface area contributed by atoms with Crippen molar-refractivity contribution < 1.29 is 9.47 Å². The Kier molecular flexibility index (Phi) is 6.74. The maximum atomic E-state index is 6.33. The largest absolute Gasteiger partial charge is 0.482 e. The number of rotatable bonds is 6. The van der Waals surface area contributed by atoms with Crippen LogP contribution in [0.3, 0.4) is 0 Å². The van der Waals surface area contributed by atoms with E-state index in [-0.39, 0.29) is 12.2 Å². The second-order valence-electron chi connectivity index (χ2n) is 6.84. The molecule has 134 valence electrons. The molecular formula is C22H28O2S. The molecule has 0 aliphatic rings. The third-order valence-electron chi connectivity index (χ3n) is 4.34. The quantitative estimate of drug-likeness (QED) is 0.611. The van der Waals surface area contributed by atoms with Crippen molar-refractivity contribution in [3.05, 3.63) is 69.8 Å². The van der Waals surface area contributed by atoms with Gasteiger partial charge in [-0.3, -0.25) is 0 Å². The van der Waals surface area contributed by atoms with Crippen LogP contribution in [0.4, 0.5) is 0 Å². The molecule has 0 bridgehead atoms. The standard InChI is InChI=1S/C22H28O2S/c1-14(2)24-19(25)13-23-22(20-15(3)9-7-10-16(20)4)21-17(5)11-8-12-18(21)6/h7-12,14,22H,13H2,1-6H3. The van der Waals surface area contributed by atoms with Crippen LogP contribution in [0.15, 0.2) is 36.4 Å². The van der Waals surface area contributed by atoms with E-state index in [4.69, 9.17) is 21.7 Å². The average molecular weight is 357 g/mol. The van der Waals surface area contributed by atoms with Crippen LogP contribution in [-0.2, 0) is 9.47 Å². The molecule has 0 saturated carbocycles. The monoisotopic (exact) mass is 356 g/mol. The van der Waals surface area contributed by atoms with E-state index in [1.165, 1.54) is 33.4 Å². The summed E-state index contributed by atoms with van der Waals surface area (Å²) in [6.45, 7) is 12.8. The number of thiocarbonyl (C=S) groups is 1. The van der Waals surface area contributed by atoms with Gasteiger partial charge in [0, 0.05) is 0 Å². The normalized spacial score (nSPS) is 11.2. The van der Waals surface area contributed by atoms with E-state index in [2.05, 4.69) is 64.1 Å². The molecule has 0 amide bonds. The van der Waals surface area contributed by atoms with E-state index in [0.717, 1.165) is 0 Å². The van der Waals surface area contributed by atoms with Gasteiger partial charge < -0.3 is 9.47 Å². The van der Waals surface area contributed by atoms with Crippen LogP contribution in [0.25, 0.3) is 0 Å². The molecule has 0 N–H and O–H groups in total. The van der Waals surface area contributed by atoms with Crippen molar-refractivity contribution >= 4 is 17.3 Å². The van der Waals surface area contributed by atoms with E-state index in [9.17, 15) is 0 Å². The summed E-state index contributed by atoms with van der Waals surface area (Å²) in [7, 11) is 0. The zero-order chi connectivity index (χ0) is 18.6. The van der Waals surface area contributed by atoms with E-state index in [0.29, 0.717) is 11.7 Å². The fourth-order valence-electron chi connectivity index (χ4n) is 3.24. The number of aryl methyl sites for hydroxylation is 4. The van der Waals surface area contributed by atoms with Crippen molar-refractivity contribution in [3.63, 3.8) is 0 Å². The lowest BCUT2D eigenvalue weighted by Gasteiger charge is -2.26. The Morgan fingerprint density at radius 1 is 0.840 bits per heavy atom. The molecule has 2 nitrogen and oxygen atoms in total. The zero-order valence-corrected chi connectivity index (χ0v) is 16.9. The van der Waals surface area contributed by atoms with Gasteiger partial charge in [-0.1, -0.05) is 36.4 Å². The lowest BCUT2D eigenvalue weighted by molar-refractivity contribution is 0.0927. The molecule has 0 heterocycles. The van der Waals surface area contributed by atoms with Gasteiger partial charge in [-0.2, -0.15) is 0 Å². The molecule has 0 spiro atoms. The molecule has 2 rings (SSSR count). The first-order chi connectivity index (χ1) is 11.8. The van der Waals surface area contributed by atoms with Crippen LogP contribution < -0.4 is 0 Å². The van der Waals surface area contributed by atoms with Gasteiger partial charge in [0.15, 0.2) is 5.05 Å². The molecule has 0 fully saturated rings. The lowest BCUT2D eigenvalue weighted by Crippen LogP contribution is -2.20. The predicted octanol–water partition coefficient (Wildman–Crippen LogP) is 5.78. The van der Waals surface area contributed by atoms with E-state index >= 15 is 0 Å². The summed E-state index contributed by atoms with van der Waals surface area (Å²) in [5, 5.41) is 0.498. The first kappa shape index (κ1) is 19.6. The van der Waals surface area contributed by atoms with Gasteiger partial charge in [0.1, 0.15) is 12.7 Å². The first-order valence-corrected chi connectivity index (χ1v) is 9.15. The van der Waals surface area contributed by atoms with Crippen molar-refractivity contribution in [2.75, 3.05) is 6.61 Å². The fourth-order valence-corrected chi connectivity index (χ4v) is 3.50. The van der Waals surface area contributed by atoms with Gasteiger partial charge >= 0.3 is 0 Å². The molecule has 0 aliphatic heterocycles. The molecule has 0 unspecified atom stereocenters. The fraction of sp³-hybridized carbons (Fsp3) is 0.409. The molecule has 0 aliphatic carbocycles. The summed E-state index contributed by atoms with van der Waals surface area (Å²) >= 11 is 5.33. The van der Waals surface area contributed by atoms with Crippen molar-refractivity contribution in [2.24, 2.45) is 0 Å². The lowest BCUT2D eigenvalue weighted by atomic mass is 9.89. The third kappa shape index (κ3) is 4.90. The highest BCUT2D eigenvalue weighted by Gasteiger charge is 2.23. The van der Waals surface area contributed by atoms with Crippen molar-refractivity contribution in [2.45, 2.75) is 53.8 Å². The zero-order valence-electron chi connectivity index (χ0n) is 16.1. The molecule has 0 radical (unpaired) electrons. The van der Waals surface area contributed by atoms with Crippen molar-refractivity contribution in [1.82, 2.24) is 0 Å². The Morgan fingerprint density at radius 2 is 1.24 bits per heavy atom.